The lowest BCUT2D eigenvalue weighted by atomic mass is 10.0. The molecule has 1 aromatic rings. The predicted molar refractivity (Wildman–Crippen MR) is 63.9 cm³/mol. The number of pyridine rings is 1. The van der Waals surface area contributed by atoms with E-state index in [-0.39, 0.29) is 10.8 Å². The Morgan fingerprint density at radius 3 is 2.44 bits per heavy atom. The van der Waals surface area contributed by atoms with Gasteiger partial charge in [0.15, 0.2) is 5.69 Å². The molecular weight excluding hydrogens is 198 g/mol. The van der Waals surface area contributed by atoms with Gasteiger partial charge in [0.05, 0.1) is 5.69 Å². The zero-order chi connectivity index (χ0) is 12.0. The van der Waals surface area contributed by atoms with Crippen molar-refractivity contribution in [3.05, 3.63) is 24.0 Å². The monoisotopic (exact) mass is 215 g/mol. The first-order valence-corrected chi connectivity index (χ1v) is 5.53. The molecule has 1 aliphatic carbocycles. The normalized spacial score (nSPS) is 21.2. The van der Waals surface area contributed by atoms with E-state index in [1.165, 1.54) is 0 Å². The van der Waals surface area contributed by atoms with Crippen LogP contribution in [0.5, 0.6) is 0 Å². The van der Waals surface area contributed by atoms with Gasteiger partial charge in [-0.1, -0.05) is 27.7 Å². The van der Waals surface area contributed by atoms with Gasteiger partial charge in [-0.25, -0.2) is 4.98 Å². The fourth-order valence-electron chi connectivity index (χ4n) is 2.32. The van der Waals surface area contributed by atoms with Crippen LogP contribution in [0.25, 0.3) is 0 Å². The molecule has 1 aromatic heterocycles. The van der Waals surface area contributed by atoms with Gasteiger partial charge in [-0.15, -0.1) is 0 Å². The largest absolute Gasteiger partial charge is 0.379 e. The number of hydrogen-bond acceptors (Lipinski definition) is 3. The average Bonchev–Trinajstić information content (AvgIpc) is 2.62. The van der Waals surface area contributed by atoms with Crippen LogP contribution in [0.3, 0.4) is 0 Å². The van der Waals surface area contributed by atoms with Crippen molar-refractivity contribution in [3.8, 4) is 6.07 Å². The zero-order valence-electron chi connectivity index (χ0n) is 10.2. The standard InChI is InChI=1S/C13H17N3/c1-12(2)11(13(12,3)4)16-9-6-5-7-15-10(9)8-14/h5-7,11,16H,1-4H3. The maximum atomic E-state index is 8.96. The Hall–Kier alpha value is -1.56. The van der Waals surface area contributed by atoms with E-state index in [0.29, 0.717) is 11.7 Å². The van der Waals surface area contributed by atoms with Crippen molar-refractivity contribution >= 4 is 5.69 Å². The van der Waals surface area contributed by atoms with E-state index in [4.69, 9.17) is 5.26 Å². The Bertz CT molecular complexity index is 440. The van der Waals surface area contributed by atoms with Crippen molar-refractivity contribution in [2.45, 2.75) is 33.7 Å². The van der Waals surface area contributed by atoms with Gasteiger partial charge in [-0.05, 0) is 23.0 Å². The summed E-state index contributed by atoms with van der Waals surface area (Å²) < 4.78 is 0. The Balaban J connectivity index is 2.22. The van der Waals surface area contributed by atoms with E-state index in [9.17, 15) is 0 Å². The molecule has 0 aromatic carbocycles. The lowest BCUT2D eigenvalue weighted by Crippen LogP contribution is -2.11. The van der Waals surface area contributed by atoms with E-state index < -0.39 is 0 Å². The third-order valence-electron chi connectivity index (χ3n) is 4.23. The molecule has 0 unspecified atom stereocenters. The molecule has 0 amide bonds. The Labute approximate surface area is 96.5 Å². The number of hydrogen-bond donors (Lipinski definition) is 1. The van der Waals surface area contributed by atoms with Gasteiger partial charge in [0.1, 0.15) is 6.07 Å². The minimum atomic E-state index is 0.259. The summed E-state index contributed by atoms with van der Waals surface area (Å²) in [6.07, 6.45) is 1.65. The molecule has 0 radical (unpaired) electrons. The second-order valence-corrected chi connectivity index (χ2v) is 5.53. The molecule has 1 N–H and O–H groups in total. The van der Waals surface area contributed by atoms with Crippen LogP contribution in [-0.2, 0) is 0 Å². The molecule has 3 nitrogen and oxygen atoms in total. The molecule has 16 heavy (non-hydrogen) atoms. The summed E-state index contributed by atoms with van der Waals surface area (Å²) in [6.45, 7) is 8.97. The highest BCUT2D eigenvalue weighted by molar-refractivity contribution is 5.56. The van der Waals surface area contributed by atoms with E-state index in [1.807, 2.05) is 12.1 Å². The summed E-state index contributed by atoms with van der Waals surface area (Å²) in [7, 11) is 0. The van der Waals surface area contributed by atoms with Gasteiger partial charge in [0.2, 0.25) is 0 Å². The van der Waals surface area contributed by atoms with Gasteiger partial charge in [0, 0.05) is 12.2 Å². The number of nitrogens with one attached hydrogen (secondary N) is 1. The Kier molecular flexibility index (Phi) is 2.20. The van der Waals surface area contributed by atoms with Crippen LogP contribution in [0.1, 0.15) is 33.4 Å². The summed E-state index contributed by atoms with van der Waals surface area (Å²) in [5.41, 5.74) is 1.83. The predicted octanol–water partition coefficient (Wildman–Crippen LogP) is 2.80. The molecular formula is C13H17N3. The van der Waals surface area contributed by atoms with Crippen molar-refractivity contribution in [2.75, 3.05) is 5.32 Å². The molecule has 0 aliphatic heterocycles. The maximum Gasteiger partial charge on any atom is 0.163 e. The quantitative estimate of drug-likeness (QED) is 0.825. The Morgan fingerprint density at radius 2 is 1.94 bits per heavy atom. The first-order chi connectivity index (χ1) is 7.41. The van der Waals surface area contributed by atoms with Gasteiger partial charge in [-0.2, -0.15) is 5.26 Å². The number of anilines is 1. The highest BCUT2D eigenvalue weighted by Crippen LogP contribution is 2.63. The summed E-state index contributed by atoms with van der Waals surface area (Å²) in [5, 5.41) is 12.4. The third-order valence-corrected chi connectivity index (χ3v) is 4.23. The minimum Gasteiger partial charge on any atom is -0.379 e. The molecule has 1 saturated carbocycles. The van der Waals surface area contributed by atoms with E-state index in [2.05, 4.69) is 44.1 Å². The van der Waals surface area contributed by atoms with Gasteiger partial charge < -0.3 is 5.32 Å². The fraction of sp³-hybridized carbons (Fsp3) is 0.538. The topological polar surface area (TPSA) is 48.7 Å². The Morgan fingerprint density at radius 1 is 1.31 bits per heavy atom. The van der Waals surface area contributed by atoms with Crippen LogP contribution in [0.4, 0.5) is 5.69 Å². The van der Waals surface area contributed by atoms with Crippen molar-refractivity contribution in [3.63, 3.8) is 0 Å². The van der Waals surface area contributed by atoms with Crippen LogP contribution in [0, 0.1) is 22.2 Å². The smallest absolute Gasteiger partial charge is 0.163 e. The van der Waals surface area contributed by atoms with Crippen LogP contribution in [-0.4, -0.2) is 11.0 Å². The second-order valence-electron chi connectivity index (χ2n) is 5.53. The third kappa shape index (κ3) is 1.37. The zero-order valence-corrected chi connectivity index (χ0v) is 10.2. The van der Waals surface area contributed by atoms with Crippen LogP contribution >= 0.6 is 0 Å². The highest BCUT2D eigenvalue weighted by atomic mass is 15.1. The second kappa shape index (κ2) is 3.21. The van der Waals surface area contributed by atoms with Crippen LogP contribution < -0.4 is 5.32 Å². The average molecular weight is 215 g/mol. The van der Waals surface area contributed by atoms with Crippen LogP contribution in [0.15, 0.2) is 18.3 Å². The maximum absolute atomic E-state index is 8.96. The van der Waals surface area contributed by atoms with E-state index in [0.717, 1.165) is 5.69 Å². The van der Waals surface area contributed by atoms with Gasteiger partial charge in [-0.3, -0.25) is 0 Å². The van der Waals surface area contributed by atoms with Gasteiger partial charge in [0.25, 0.3) is 0 Å². The van der Waals surface area contributed by atoms with Crippen molar-refractivity contribution in [1.29, 1.82) is 5.26 Å². The first-order valence-electron chi connectivity index (χ1n) is 5.53. The summed E-state index contributed by atoms with van der Waals surface area (Å²) in [6, 6.07) is 6.27. The van der Waals surface area contributed by atoms with Gasteiger partial charge >= 0.3 is 0 Å². The molecule has 1 aliphatic rings. The van der Waals surface area contributed by atoms with Crippen molar-refractivity contribution in [1.82, 2.24) is 4.98 Å². The lowest BCUT2D eigenvalue weighted by molar-refractivity contribution is 0.457. The summed E-state index contributed by atoms with van der Waals surface area (Å²) >= 11 is 0. The molecule has 84 valence electrons. The van der Waals surface area contributed by atoms with Crippen molar-refractivity contribution in [2.24, 2.45) is 10.8 Å². The molecule has 1 fully saturated rings. The molecule has 0 atom stereocenters. The number of nitrogens with zero attached hydrogens (tertiary/aromatic N) is 2. The number of nitriles is 1. The molecule has 0 saturated heterocycles. The highest BCUT2D eigenvalue weighted by Gasteiger charge is 2.65. The van der Waals surface area contributed by atoms with E-state index in [1.54, 1.807) is 6.20 Å². The first kappa shape index (κ1) is 10.9. The fourth-order valence-corrected chi connectivity index (χ4v) is 2.32. The molecule has 2 rings (SSSR count). The molecule has 3 heteroatoms. The molecule has 1 heterocycles. The SMILES string of the molecule is CC1(C)C(Nc2cccnc2C#N)C1(C)C. The van der Waals surface area contributed by atoms with Crippen molar-refractivity contribution < 1.29 is 0 Å². The molecule has 0 bridgehead atoms. The minimum absolute atomic E-state index is 0.259. The number of aromatic nitrogens is 1. The summed E-state index contributed by atoms with van der Waals surface area (Å²) in [4.78, 5) is 4.05. The number of rotatable bonds is 2. The van der Waals surface area contributed by atoms with Crippen LogP contribution in [0.2, 0.25) is 0 Å². The summed E-state index contributed by atoms with van der Waals surface area (Å²) in [5.74, 6) is 0. The van der Waals surface area contributed by atoms with E-state index >= 15 is 0 Å². The lowest BCUT2D eigenvalue weighted by Gasteiger charge is -2.08. The molecule has 0 spiro atoms.